The molecule has 116 valence electrons. The van der Waals surface area contributed by atoms with Crippen LogP contribution in [0.2, 0.25) is 0 Å². The molecule has 0 heterocycles. The number of ether oxygens (including phenoxy) is 1. The van der Waals surface area contributed by atoms with Crippen LogP contribution >= 0.6 is 0 Å². The van der Waals surface area contributed by atoms with Crippen LogP contribution in [0.25, 0.3) is 0 Å². The van der Waals surface area contributed by atoms with Gasteiger partial charge in [0.2, 0.25) is 0 Å². The maximum absolute atomic E-state index is 12.1. The van der Waals surface area contributed by atoms with Crippen LogP contribution in [0.15, 0.2) is 18.2 Å². The average Bonchev–Trinajstić information content (AvgIpc) is 2.41. The van der Waals surface area contributed by atoms with Crippen LogP contribution in [0.5, 0.6) is 0 Å². The summed E-state index contributed by atoms with van der Waals surface area (Å²) in [4.78, 5) is 23.3. The van der Waals surface area contributed by atoms with Crippen molar-refractivity contribution in [3.8, 4) is 0 Å². The molecule has 21 heavy (non-hydrogen) atoms. The molecule has 0 amide bonds. The van der Waals surface area contributed by atoms with Gasteiger partial charge in [-0.2, -0.15) is 0 Å². The number of hydrogen-bond acceptors (Lipinski definition) is 3. The van der Waals surface area contributed by atoms with Crippen LogP contribution in [-0.2, 0) is 9.53 Å². The van der Waals surface area contributed by atoms with Crippen LogP contribution in [0.3, 0.4) is 0 Å². The van der Waals surface area contributed by atoms with Crippen molar-refractivity contribution < 1.29 is 14.3 Å². The van der Waals surface area contributed by atoms with Crippen molar-refractivity contribution in [1.82, 2.24) is 0 Å². The van der Waals surface area contributed by atoms with Gasteiger partial charge in [-0.15, -0.1) is 0 Å². The number of carbonyl (C=O) groups excluding carboxylic acids is 2. The fourth-order valence-corrected chi connectivity index (χ4v) is 2.42. The van der Waals surface area contributed by atoms with Crippen molar-refractivity contribution in [2.45, 2.75) is 59.3 Å². The molecule has 0 fully saturated rings. The summed E-state index contributed by atoms with van der Waals surface area (Å²) < 4.78 is 4.87. The topological polar surface area (TPSA) is 43.4 Å². The number of ketones is 1. The van der Waals surface area contributed by atoms with E-state index < -0.39 is 0 Å². The van der Waals surface area contributed by atoms with Crippen molar-refractivity contribution in [1.29, 1.82) is 0 Å². The van der Waals surface area contributed by atoms with Gasteiger partial charge in [0.25, 0.3) is 0 Å². The molecule has 3 heteroatoms. The van der Waals surface area contributed by atoms with E-state index in [-0.39, 0.29) is 11.8 Å². The zero-order valence-corrected chi connectivity index (χ0v) is 13.4. The van der Waals surface area contributed by atoms with E-state index in [1.807, 2.05) is 32.9 Å². The molecule has 0 aliphatic carbocycles. The molecule has 0 radical (unpaired) electrons. The highest BCUT2D eigenvalue weighted by Crippen LogP contribution is 2.14. The standard InChI is InChI=1S/C18H26O3/c1-4-21-18(20)10-8-6-5-7-9-17(19)16-12-14(2)11-15(3)13-16/h11-13H,4-10H2,1-3H3. The second-order valence-electron chi connectivity index (χ2n) is 5.52. The minimum Gasteiger partial charge on any atom is -0.466 e. The first kappa shape index (κ1) is 17.4. The summed E-state index contributed by atoms with van der Waals surface area (Å²) in [5.74, 6) is 0.0935. The summed E-state index contributed by atoms with van der Waals surface area (Å²) in [5, 5.41) is 0. The third-order valence-electron chi connectivity index (χ3n) is 3.38. The van der Waals surface area contributed by atoms with Crippen molar-refractivity contribution in [3.05, 3.63) is 34.9 Å². The Bertz CT molecular complexity index is 457. The fraction of sp³-hybridized carbons (Fsp3) is 0.556. The van der Waals surface area contributed by atoms with Gasteiger partial charge < -0.3 is 4.74 Å². The van der Waals surface area contributed by atoms with Gasteiger partial charge >= 0.3 is 5.97 Å². The fourth-order valence-electron chi connectivity index (χ4n) is 2.42. The molecule has 0 aliphatic rings. The molecule has 1 rings (SSSR count). The number of esters is 1. The Balaban J connectivity index is 2.20. The van der Waals surface area contributed by atoms with E-state index in [4.69, 9.17) is 4.74 Å². The van der Waals surface area contributed by atoms with E-state index in [9.17, 15) is 9.59 Å². The summed E-state index contributed by atoms with van der Waals surface area (Å²) in [6, 6.07) is 5.98. The molecule has 1 aromatic carbocycles. The van der Waals surface area contributed by atoms with Crippen LogP contribution in [0.1, 0.15) is 66.9 Å². The summed E-state index contributed by atoms with van der Waals surface area (Å²) >= 11 is 0. The predicted octanol–water partition coefficient (Wildman–Crippen LogP) is 4.39. The molecule has 0 aromatic heterocycles. The summed E-state index contributed by atoms with van der Waals surface area (Å²) in [6.07, 6.45) is 4.75. The number of hydrogen-bond donors (Lipinski definition) is 0. The SMILES string of the molecule is CCOC(=O)CCCCCCC(=O)c1cc(C)cc(C)c1. The second-order valence-corrected chi connectivity index (χ2v) is 5.52. The molecule has 0 aliphatic heterocycles. The van der Waals surface area contributed by atoms with Crippen molar-refractivity contribution in [2.24, 2.45) is 0 Å². The number of aryl methyl sites for hydroxylation is 2. The highest BCUT2D eigenvalue weighted by atomic mass is 16.5. The van der Waals surface area contributed by atoms with E-state index in [0.717, 1.165) is 42.4 Å². The highest BCUT2D eigenvalue weighted by molar-refractivity contribution is 5.96. The summed E-state index contributed by atoms with van der Waals surface area (Å²) in [6.45, 7) is 6.29. The Morgan fingerprint density at radius 3 is 2.05 bits per heavy atom. The van der Waals surface area contributed by atoms with Crippen molar-refractivity contribution >= 4 is 11.8 Å². The minimum atomic E-state index is -0.121. The number of rotatable bonds is 9. The zero-order valence-electron chi connectivity index (χ0n) is 13.4. The largest absolute Gasteiger partial charge is 0.466 e. The Morgan fingerprint density at radius 2 is 1.48 bits per heavy atom. The molecule has 0 saturated heterocycles. The second kappa shape index (κ2) is 9.32. The molecule has 3 nitrogen and oxygen atoms in total. The molecule has 0 atom stereocenters. The molecule has 0 unspecified atom stereocenters. The van der Waals surface area contributed by atoms with Gasteiger partial charge in [-0.3, -0.25) is 9.59 Å². The van der Waals surface area contributed by atoms with Gasteiger partial charge in [0.1, 0.15) is 0 Å². The van der Waals surface area contributed by atoms with Gasteiger partial charge in [0, 0.05) is 18.4 Å². The molecule has 1 aromatic rings. The van der Waals surface area contributed by atoms with E-state index in [1.54, 1.807) is 0 Å². The van der Waals surface area contributed by atoms with Gasteiger partial charge in [-0.1, -0.05) is 30.0 Å². The van der Waals surface area contributed by atoms with Crippen LogP contribution in [-0.4, -0.2) is 18.4 Å². The molecule has 0 bridgehead atoms. The van der Waals surface area contributed by atoms with Crippen molar-refractivity contribution in [2.75, 3.05) is 6.61 Å². The molecular formula is C18H26O3. The lowest BCUT2D eigenvalue weighted by Crippen LogP contribution is -2.03. The summed E-state index contributed by atoms with van der Waals surface area (Å²) in [5.41, 5.74) is 3.08. The highest BCUT2D eigenvalue weighted by Gasteiger charge is 2.07. The van der Waals surface area contributed by atoms with E-state index in [1.165, 1.54) is 0 Å². The normalized spacial score (nSPS) is 10.4. The van der Waals surface area contributed by atoms with Gasteiger partial charge in [-0.05, 0) is 45.7 Å². The van der Waals surface area contributed by atoms with E-state index in [0.29, 0.717) is 19.4 Å². The minimum absolute atomic E-state index is 0.121. The molecule has 0 saturated carbocycles. The first-order valence-electron chi connectivity index (χ1n) is 7.80. The lowest BCUT2D eigenvalue weighted by molar-refractivity contribution is -0.143. The molecule has 0 spiro atoms. The van der Waals surface area contributed by atoms with Crippen LogP contribution in [0, 0.1) is 13.8 Å². The maximum Gasteiger partial charge on any atom is 0.305 e. The monoisotopic (exact) mass is 290 g/mol. The first-order valence-corrected chi connectivity index (χ1v) is 7.80. The van der Waals surface area contributed by atoms with Gasteiger partial charge in [0.15, 0.2) is 5.78 Å². The lowest BCUT2D eigenvalue weighted by atomic mass is 10.00. The Labute approximate surface area is 127 Å². The lowest BCUT2D eigenvalue weighted by Gasteiger charge is -2.05. The number of Topliss-reactive ketones (excluding diaryl/α,β-unsaturated/α-hetero) is 1. The number of carbonyl (C=O) groups is 2. The molecular weight excluding hydrogens is 264 g/mol. The predicted molar refractivity (Wildman–Crippen MR) is 84.6 cm³/mol. The molecule has 0 N–H and O–H groups in total. The van der Waals surface area contributed by atoms with Crippen molar-refractivity contribution in [3.63, 3.8) is 0 Å². The smallest absolute Gasteiger partial charge is 0.305 e. The third-order valence-corrected chi connectivity index (χ3v) is 3.38. The van der Waals surface area contributed by atoms with Gasteiger partial charge in [-0.25, -0.2) is 0 Å². The first-order chi connectivity index (χ1) is 10.0. The number of benzene rings is 1. The van der Waals surface area contributed by atoms with Crippen LogP contribution < -0.4 is 0 Å². The quantitative estimate of drug-likeness (QED) is 0.385. The Morgan fingerprint density at radius 1 is 0.905 bits per heavy atom. The average molecular weight is 290 g/mol. The van der Waals surface area contributed by atoms with E-state index in [2.05, 4.69) is 6.07 Å². The zero-order chi connectivity index (χ0) is 15.7. The third kappa shape index (κ3) is 7.07. The Kier molecular flexibility index (Phi) is 7.73. The van der Waals surface area contributed by atoms with Gasteiger partial charge in [0.05, 0.1) is 6.61 Å². The van der Waals surface area contributed by atoms with E-state index >= 15 is 0 Å². The summed E-state index contributed by atoms with van der Waals surface area (Å²) in [7, 11) is 0. The number of unbranched alkanes of at least 4 members (excludes halogenated alkanes) is 3. The van der Waals surface area contributed by atoms with Crippen LogP contribution in [0.4, 0.5) is 0 Å². The maximum atomic E-state index is 12.1. The Hall–Kier alpha value is -1.64.